The van der Waals surface area contributed by atoms with Crippen LogP contribution in [0.15, 0.2) is 18.2 Å². The van der Waals surface area contributed by atoms with Crippen LogP contribution in [0.25, 0.3) is 0 Å². The summed E-state index contributed by atoms with van der Waals surface area (Å²) in [7, 11) is 1.56. The molecule has 94 valence electrons. The van der Waals surface area contributed by atoms with Gasteiger partial charge in [0.25, 0.3) is 5.91 Å². The molecule has 0 heterocycles. The van der Waals surface area contributed by atoms with E-state index in [0.29, 0.717) is 17.2 Å². The van der Waals surface area contributed by atoms with Crippen LogP contribution < -0.4 is 15.8 Å². The lowest BCUT2D eigenvalue weighted by molar-refractivity contribution is -0.122. The van der Waals surface area contributed by atoms with Crippen LogP contribution in [0.5, 0.6) is 5.75 Å². The van der Waals surface area contributed by atoms with Crippen LogP contribution in [-0.2, 0) is 11.2 Å². The van der Waals surface area contributed by atoms with Gasteiger partial charge in [-0.2, -0.15) is 0 Å². The van der Waals surface area contributed by atoms with Crippen molar-refractivity contribution in [2.75, 3.05) is 13.7 Å². The molecule has 1 aromatic rings. The molecule has 0 aliphatic heterocycles. The zero-order chi connectivity index (χ0) is 12.8. The Morgan fingerprint density at radius 3 is 2.88 bits per heavy atom. The molecule has 4 nitrogen and oxygen atoms in total. The molecule has 0 aromatic heterocycles. The van der Waals surface area contributed by atoms with E-state index in [1.54, 1.807) is 25.2 Å². The molecule has 1 aromatic carbocycles. The van der Waals surface area contributed by atoms with Crippen molar-refractivity contribution in [3.63, 3.8) is 0 Å². The van der Waals surface area contributed by atoms with Crippen LogP contribution in [0.4, 0.5) is 0 Å². The highest BCUT2D eigenvalue weighted by Crippen LogP contribution is 2.27. The van der Waals surface area contributed by atoms with Crippen molar-refractivity contribution in [2.24, 2.45) is 5.73 Å². The van der Waals surface area contributed by atoms with E-state index in [4.69, 9.17) is 22.1 Å². The van der Waals surface area contributed by atoms with Crippen molar-refractivity contribution in [3.8, 4) is 5.75 Å². The van der Waals surface area contributed by atoms with E-state index in [9.17, 15) is 4.79 Å². The number of hydrogen-bond donors (Lipinski definition) is 2. The number of nitrogens with one attached hydrogen (secondary N) is 1. The predicted octanol–water partition coefficient (Wildman–Crippen LogP) is 1.35. The molecular weight excluding hydrogens is 240 g/mol. The summed E-state index contributed by atoms with van der Waals surface area (Å²) >= 11 is 6.09. The van der Waals surface area contributed by atoms with Crippen LogP contribution in [0, 0.1) is 0 Å². The third kappa shape index (κ3) is 4.24. The van der Waals surface area contributed by atoms with E-state index in [-0.39, 0.29) is 18.6 Å². The van der Waals surface area contributed by atoms with E-state index in [1.807, 2.05) is 6.92 Å². The van der Waals surface area contributed by atoms with Gasteiger partial charge in [-0.3, -0.25) is 4.79 Å². The minimum absolute atomic E-state index is 0.0164. The van der Waals surface area contributed by atoms with Crippen LogP contribution in [0.2, 0.25) is 5.02 Å². The van der Waals surface area contributed by atoms with Crippen molar-refractivity contribution in [1.82, 2.24) is 5.32 Å². The number of rotatable bonds is 5. The lowest BCUT2D eigenvalue weighted by Gasteiger charge is -2.14. The first-order valence-corrected chi connectivity index (χ1v) is 5.78. The first-order chi connectivity index (χ1) is 8.04. The fourth-order valence-corrected chi connectivity index (χ4v) is 1.65. The molecule has 1 rings (SSSR count). The highest BCUT2D eigenvalue weighted by molar-refractivity contribution is 6.31. The van der Waals surface area contributed by atoms with Crippen LogP contribution >= 0.6 is 11.6 Å². The molecule has 0 fully saturated rings. The van der Waals surface area contributed by atoms with Gasteiger partial charge >= 0.3 is 0 Å². The number of carbonyl (C=O) groups is 1. The molecule has 17 heavy (non-hydrogen) atoms. The summed E-state index contributed by atoms with van der Waals surface area (Å²) in [5.41, 5.74) is 6.59. The summed E-state index contributed by atoms with van der Waals surface area (Å²) in [4.78, 5) is 11.1. The number of amides is 1. The van der Waals surface area contributed by atoms with E-state index < -0.39 is 0 Å². The summed E-state index contributed by atoms with van der Waals surface area (Å²) in [6.07, 6.45) is 0.614. The number of hydrogen-bond acceptors (Lipinski definition) is 3. The number of carbonyl (C=O) groups excluding carboxylic acids is 1. The Kier molecular flexibility index (Phi) is 5.25. The summed E-state index contributed by atoms with van der Waals surface area (Å²) in [6.45, 7) is 1.87. The van der Waals surface area contributed by atoms with Gasteiger partial charge in [0.15, 0.2) is 6.61 Å². The monoisotopic (exact) mass is 256 g/mol. The standard InChI is InChI=1S/C12H17ClN2O2/c1-8(14)6-9-10(13)4-3-5-11(9)17-7-12(16)15-2/h3-5,8H,6-7,14H2,1-2H3,(H,15,16). The quantitative estimate of drug-likeness (QED) is 0.836. The van der Waals surface area contributed by atoms with Gasteiger partial charge in [-0.1, -0.05) is 17.7 Å². The molecule has 5 heteroatoms. The molecule has 1 unspecified atom stereocenters. The Bertz CT molecular complexity index is 394. The van der Waals surface area contributed by atoms with Gasteiger partial charge in [-0.05, 0) is 25.5 Å². The van der Waals surface area contributed by atoms with Gasteiger partial charge < -0.3 is 15.8 Å². The SMILES string of the molecule is CNC(=O)COc1cccc(Cl)c1CC(C)N. The molecule has 0 saturated carbocycles. The smallest absolute Gasteiger partial charge is 0.257 e. The topological polar surface area (TPSA) is 64.3 Å². The lowest BCUT2D eigenvalue weighted by Crippen LogP contribution is -2.25. The fraction of sp³-hybridized carbons (Fsp3) is 0.417. The highest BCUT2D eigenvalue weighted by atomic mass is 35.5. The second-order valence-electron chi connectivity index (χ2n) is 3.86. The molecular formula is C12H17ClN2O2. The van der Waals surface area contributed by atoms with Gasteiger partial charge in [-0.15, -0.1) is 0 Å². The number of benzene rings is 1. The van der Waals surface area contributed by atoms with Gasteiger partial charge in [-0.25, -0.2) is 0 Å². The Morgan fingerprint density at radius 1 is 1.59 bits per heavy atom. The van der Waals surface area contributed by atoms with Crippen LogP contribution in [-0.4, -0.2) is 25.6 Å². The minimum atomic E-state index is -0.184. The molecule has 0 bridgehead atoms. The number of nitrogens with two attached hydrogens (primary N) is 1. The van der Waals surface area contributed by atoms with Gasteiger partial charge in [0.1, 0.15) is 5.75 Å². The Morgan fingerprint density at radius 2 is 2.29 bits per heavy atom. The molecule has 0 spiro atoms. The third-order valence-electron chi connectivity index (χ3n) is 2.24. The molecule has 0 saturated heterocycles. The van der Waals surface area contributed by atoms with E-state index in [1.165, 1.54) is 0 Å². The average molecular weight is 257 g/mol. The second kappa shape index (κ2) is 6.47. The summed E-state index contributed by atoms with van der Waals surface area (Å²) in [5.74, 6) is 0.426. The fourth-order valence-electron chi connectivity index (χ4n) is 1.41. The average Bonchev–Trinajstić information content (AvgIpc) is 2.29. The van der Waals surface area contributed by atoms with Gasteiger partial charge in [0, 0.05) is 23.7 Å². The minimum Gasteiger partial charge on any atom is -0.483 e. The van der Waals surface area contributed by atoms with Crippen molar-refractivity contribution in [3.05, 3.63) is 28.8 Å². The maximum Gasteiger partial charge on any atom is 0.257 e. The summed E-state index contributed by atoms with van der Waals surface area (Å²) in [6, 6.07) is 5.34. The first-order valence-electron chi connectivity index (χ1n) is 5.41. The number of likely N-dealkylation sites (N-methyl/N-ethyl adjacent to an activating group) is 1. The summed E-state index contributed by atoms with van der Waals surface area (Å²) in [5, 5.41) is 3.10. The second-order valence-corrected chi connectivity index (χ2v) is 4.27. The predicted molar refractivity (Wildman–Crippen MR) is 68.4 cm³/mol. The van der Waals surface area contributed by atoms with Crippen molar-refractivity contribution in [2.45, 2.75) is 19.4 Å². The van der Waals surface area contributed by atoms with E-state index >= 15 is 0 Å². The van der Waals surface area contributed by atoms with Gasteiger partial charge in [0.2, 0.25) is 0 Å². The van der Waals surface area contributed by atoms with Gasteiger partial charge in [0.05, 0.1) is 0 Å². The number of halogens is 1. The zero-order valence-corrected chi connectivity index (χ0v) is 10.8. The zero-order valence-electron chi connectivity index (χ0n) is 10.00. The third-order valence-corrected chi connectivity index (χ3v) is 2.59. The molecule has 1 atom stereocenters. The molecule has 3 N–H and O–H groups in total. The van der Waals surface area contributed by atoms with Crippen molar-refractivity contribution < 1.29 is 9.53 Å². The molecule has 1 amide bonds. The number of ether oxygens (including phenoxy) is 1. The summed E-state index contributed by atoms with van der Waals surface area (Å²) < 4.78 is 5.42. The van der Waals surface area contributed by atoms with E-state index in [2.05, 4.69) is 5.32 Å². The van der Waals surface area contributed by atoms with Crippen molar-refractivity contribution in [1.29, 1.82) is 0 Å². The lowest BCUT2D eigenvalue weighted by atomic mass is 10.1. The molecule has 0 aliphatic rings. The Hall–Kier alpha value is -1.26. The maximum atomic E-state index is 11.1. The molecule has 0 aliphatic carbocycles. The largest absolute Gasteiger partial charge is 0.483 e. The Balaban J connectivity index is 2.82. The van der Waals surface area contributed by atoms with Crippen LogP contribution in [0.3, 0.4) is 0 Å². The Labute approximate surface area is 106 Å². The highest BCUT2D eigenvalue weighted by Gasteiger charge is 2.11. The molecule has 0 radical (unpaired) electrons. The van der Waals surface area contributed by atoms with Crippen molar-refractivity contribution >= 4 is 17.5 Å². The van der Waals surface area contributed by atoms with Crippen LogP contribution in [0.1, 0.15) is 12.5 Å². The van der Waals surface area contributed by atoms with E-state index in [0.717, 1.165) is 5.56 Å². The normalized spacial score (nSPS) is 12.0. The maximum absolute atomic E-state index is 11.1. The first kappa shape index (κ1) is 13.8.